The summed E-state index contributed by atoms with van der Waals surface area (Å²) in [4.78, 5) is 31.2. The molecule has 2 rings (SSSR count). The lowest BCUT2D eigenvalue weighted by molar-refractivity contribution is -0.120. The van der Waals surface area contributed by atoms with Gasteiger partial charge in [-0.15, -0.1) is 12.3 Å². The Labute approximate surface area is 242 Å². The Kier molecular flexibility index (Phi) is 31.4. The second-order valence-electron chi connectivity index (χ2n) is 8.68. The van der Waals surface area contributed by atoms with Crippen molar-refractivity contribution in [2.24, 2.45) is 11.7 Å². The van der Waals surface area contributed by atoms with E-state index in [1.54, 1.807) is 14.2 Å². The number of amides is 2. The Hall–Kier alpha value is -3.16. The van der Waals surface area contributed by atoms with Crippen molar-refractivity contribution in [1.82, 2.24) is 15.8 Å². The minimum absolute atomic E-state index is 0.0925. The van der Waals surface area contributed by atoms with Crippen molar-refractivity contribution in [2.45, 2.75) is 97.6 Å². The van der Waals surface area contributed by atoms with Gasteiger partial charge in [0.2, 0.25) is 11.7 Å². The molecule has 2 unspecified atom stereocenters. The van der Waals surface area contributed by atoms with Crippen LogP contribution in [0, 0.1) is 18.3 Å². The summed E-state index contributed by atoms with van der Waals surface area (Å²) < 4.78 is 14.8. The van der Waals surface area contributed by atoms with Gasteiger partial charge in [0.05, 0.1) is 25.2 Å². The van der Waals surface area contributed by atoms with Gasteiger partial charge in [0, 0.05) is 32.6 Å². The van der Waals surface area contributed by atoms with Crippen LogP contribution in [-0.4, -0.2) is 63.2 Å². The number of hydrogen-bond donors (Lipinski definition) is 3. The van der Waals surface area contributed by atoms with Gasteiger partial charge < -0.3 is 35.2 Å². The van der Waals surface area contributed by atoms with Crippen LogP contribution in [0.5, 0.6) is 0 Å². The van der Waals surface area contributed by atoms with Crippen LogP contribution in [0.15, 0.2) is 29.1 Å². The number of carbonyl (C=O) groups excluding carboxylic acids is 3. The first-order valence-corrected chi connectivity index (χ1v) is 14.0. The van der Waals surface area contributed by atoms with Gasteiger partial charge >= 0.3 is 0 Å². The monoisotopic (exact) mass is 566 g/mol. The molecule has 0 bridgehead atoms. The molecule has 1 aliphatic carbocycles. The molecule has 4 N–H and O–H groups in total. The van der Waals surface area contributed by atoms with Crippen LogP contribution in [0.3, 0.4) is 0 Å². The van der Waals surface area contributed by atoms with E-state index in [9.17, 15) is 9.59 Å². The molecule has 0 aliphatic heterocycles. The normalized spacial score (nSPS) is 13.3. The number of primary amides is 1. The Balaban J connectivity index is -0.000000567. The van der Waals surface area contributed by atoms with Crippen molar-refractivity contribution in [3.05, 3.63) is 30.4 Å². The highest BCUT2D eigenvalue weighted by Crippen LogP contribution is 2.27. The molecule has 0 radical (unpaired) electrons. The fourth-order valence-corrected chi connectivity index (χ4v) is 3.44. The Morgan fingerprint density at radius 3 is 2.27 bits per heavy atom. The van der Waals surface area contributed by atoms with Crippen LogP contribution < -0.4 is 16.4 Å². The molecule has 40 heavy (non-hydrogen) atoms. The van der Waals surface area contributed by atoms with E-state index in [1.165, 1.54) is 31.5 Å². The highest BCUT2D eigenvalue weighted by atomic mass is 16.5. The fourth-order valence-electron chi connectivity index (χ4n) is 3.44. The van der Waals surface area contributed by atoms with Crippen LogP contribution in [-0.2, 0) is 19.1 Å². The molecular formula is C30H54N4O6. The minimum Gasteiger partial charge on any atom is -0.502 e. The first kappa shape index (κ1) is 41.3. The van der Waals surface area contributed by atoms with Crippen molar-refractivity contribution in [2.75, 3.05) is 27.3 Å². The molecule has 0 saturated heterocycles. The quantitative estimate of drug-likeness (QED) is 0.178. The fraction of sp³-hybridized carbons (Fsp3) is 0.667. The summed E-state index contributed by atoms with van der Waals surface area (Å²) in [5, 5.41) is 9.37. The van der Waals surface area contributed by atoms with Crippen molar-refractivity contribution in [3.63, 3.8) is 0 Å². The van der Waals surface area contributed by atoms with Crippen LogP contribution in [0.25, 0.3) is 0 Å². The number of aromatic nitrogens is 1. The number of nitrogens with two attached hydrogens (primary N) is 1. The molecule has 230 valence electrons. The van der Waals surface area contributed by atoms with E-state index in [0.29, 0.717) is 18.4 Å². The molecule has 10 nitrogen and oxygen atoms in total. The van der Waals surface area contributed by atoms with E-state index in [0.717, 1.165) is 51.0 Å². The standard InChI is InChI=1S/C13H19N3O3.C10H21NO2.C4H6.C2H6.CH2O/c14-12(17)10(8-9-4-2-1-3-5-9)16-13(18)11-6-7-15-19-11;1-9(12-3)5-7-11-8-6-10(2)13-4;1-3-4-2;2*1-2/h6-7,9-10H,1-5,8H2,(H2,14,17)(H,16,18);10-11H,1,5-8H2,2-4H3;1H,4H2,2H3;1-2H3;1H2. The number of nitrogens with one attached hydrogen (secondary N) is 2. The zero-order chi connectivity index (χ0) is 31.2. The molecule has 1 fully saturated rings. The molecule has 2 atom stereocenters. The van der Waals surface area contributed by atoms with Crippen LogP contribution >= 0.6 is 0 Å². The topological polar surface area (TPSA) is 146 Å². The predicted molar refractivity (Wildman–Crippen MR) is 160 cm³/mol. The van der Waals surface area contributed by atoms with E-state index in [-0.39, 0.29) is 5.76 Å². The largest absolute Gasteiger partial charge is 0.502 e. The average Bonchev–Trinajstić information content (AvgIpc) is 3.55. The van der Waals surface area contributed by atoms with Crippen molar-refractivity contribution >= 4 is 18.6 Å². The average molecular weight is 567 g/mol. The minimum atomic E-state index is -0.638. The lowest BCUT2D eigenvalue weighted by Gasteiger charge is -2.25. The van der Waals surface area contributed by atoms with Crippen molar-refractivity contribution < 1.29 is 28.4 Å². The van der Waals surface area contributed by atoms with E-state index < -0.39 is 17.9 Å². The van der Waals surface area contributed by atoms with Crippen molar-refractivity contribution in [3.8, 4) is 12.3 Å². The van der Waals surface area contributed by atoms with Crippen molar-refractivity contribution in [1.29, 1.82) is 0 Å². The van der Waals surface area contributed by atoms with E-state index in [2.05, 4.69) is 35.2 Å². The Morgan fingerprint density at radius 1 is 1.23 bits per heavy atom. The van der Waals surface area contributed by atoms with Gasteiger partial charge in [-0.1, -0.05) is 64.6 Å². The summed E-state index contributed by atoms with van der Waals surface area (Å²) >= 11 is 0. The summed E-state index contributed by atoms with van der Waals surface area (Å²) in [6.45, 7) is 15.6. The Morgan fingerprint density at radius 2 is 1.82 bits per heavy atom. The molecule has 1 saturated carbocycles. The van der Waals surface area contributed by atoms with Crippen LogP contribution in [0.1, 0.15) is 96.0 Å². The summed E-state index contributed by atoms with van der Waals surface area (Å²) in [7, 11) is 3.38. The Bertz CT molecular complexity index is 774. The maximum atomic E-state index is 11.8. The second kappa shape index (κ2) is 30.4. The highest BCUT2D eigenvalue weighted by molar-refractivity contribution is 5.95. The molecule has 2 amide bonds. The van der Waals surface area contributed by atoms with E-state index >= 15 is 0 Å². The number of methoxy groups -OCH3 is 2. The number of carbonyl (C=O) groups is 3. The first-order valence-electron chi connectivity index (χ1n) is 14.0. The highest BCUT2D eigenvalue weighted by Gasteiger charge is 2.25. The molecule has 0 aromatic carbocycles. The first-order chi connectivity index (χ1) is 19.3. The third-order valence-electron chi connectivity index (χ3n) is 5.81. The summed E-state index contributed by atoms with van der Waals surface area (Å²) in [5.41, 5.74) is 5.36. The van der Waals surface area contributed by atoms with Gasteiger partial charge in [-0.05, 0) is 32.2 Å². The maximum Gasteiger partial charge on any atom is 0.290 e. The van der Waals surface area contributed by atoms with Crippen LogP contribution in [0.4, 0.5) is 0 Å². The molecular weight excluding hydrogens is 512 g/mol. The summed E-state index contributed by atoms with van der Waals surface area (Å²) in [6, 6.07) is 0.814. The lowest BCUT2D eigenvalue weighted by atomic mass is 9.84. The van der Waals surface area contributed by atoms with Gasteiger partial charge in [0.1, 0.15) is 12.8 Å². The molecule has 1 aromatic rings. The van der Waals surface area contributed by atoms with E-state index in [1.807, 2.05) is 27.6 Å². The lowest BCUT2D eigenvalue weighted by Crippen LogP contribution is -2.45. The van der Waals surface area contributed by atoms with Gasteiger partial charge in [0.15, 0.2) is 0 Å². The second-order valence-corrected chi connectivity index (χ2v) is 8.68. The molecule has 1 aliphatic rings. The summed E-state index contributed by atoms with van der Waals surface area (Å²) in [6.07, 6.45) is 15.7. The number of ether oxygens (including phenoxy) is 2. The molecule has 10 heteroatoms. The molecule has 1 aromatic heterocycles. The number of terminal acetylenes is 1. The van der Waals surface area contributed by atoms with E-state index in [4.69, 9.17) is 30.9 Å². The number of rotatable bonds is 13. The SMILES string of the molecule is C#CCC.C=C(CCNCCC(C)OC)OC.C=O.CC.NC(=O)C(CC1CCCCC1)NC(=O)c1ccno1. The predicted octanol–water partition coefficient (Wildman–Crippen LogP) is 4.65. The molecule has 0 spiro atoms. The number of hydrogen-bond acceptors (Lipinski definition) is 8. The third-order valence-corrected chi connectivity index (χ3v) is 5.81. The zero-order valence-electron chi connectivity index (χ0n) is 25.6. The zero-order valence-corrected chi connectivity index (χ0v) is 25.6. The van der Waals surface area contributed by atoms with Gasteiger partial charge in [-0.25, -0.2) is 0 Å². The van der Waals surface area contributed by atoms with Gasteiger partial charge in [0.25, 0.3) is 5.91 Å². The summed E-state index contributed by atoms with van der Waals surface area (Å²) in [5.74, 6) is 2.86. The van der Waals surface area contributed by atoms with Crippen LogP contribution in [0.2, 0.25) is 0 Å². The number of nitrogens with zero attached hydrogens (tertiary/aromatic N) is 1. The van der Waals surface area contributed by atoms with Gasteiger partial charge in [-0.2, -0.15) is 0 Å². The molecule has 1 heterocycles. The smallest absolute Gasteiger partial charge is 0.290 e. The maximum absolute atomic E-state index is 11.8. The third kappa shape index (κ3) is 23.9. The van der Waals surface area contributed by atoms with Gasteiger partial charge in [-0.3, -0.25) is 9.59 Å².